The van der Waals surface area contributed by atoms with E-state index in [0.717, 1.165) is 0 Å². The lowest BCUT2D eigenvalue weighted by Crippen LogP contribution is -2.69. The number of rotatable bonds is 8. The molecule has 11 nitrogen and oxygen atoms in total. The molecule has 3 atom stereocenters. The number of carboxylic acids is 2. The van der Waals surface area contributed by atoms with Crippen LogP contribution in [-0.4, -0.2) is 94.7 Å². The number of β-lactam (4-membered cyclic amide) rings is 1. The third-order valence-corrected chi connectivity index (χ3v) is 6.34. The van der Waals surface area contributed by atoms with E-state index in [0.29, 0.717) is 28.8 Å². The van der Waals surface area contributed by atoms with E-state index in [4.69, 9.17) is 15.6 Å². The molecule has 0 unspecified atom stereocenters. The molecule has 2 rings (SSSR count). The lowest BCUT2D eigenvalue weighted by atomic mass is 10.0. The third kappa shape index (κ3) is 6.71. The number of thioether (sulfide) groups is 1. The summed E-state index contributed by atoms with van der Waals surface area (Å²) in [6, 6.07) is -1.09. The summed E-state index contributed by atoms with van der Waals surface area (Å²) in [5, 5.41) is 20.3. The van der Waals surface area contributed by atoms with E-state index in [1.807, 2.05) is 14.1 Å². The molecule has 0 bridgehead atoms. The highest BCUT2D eigenvalue weighted by Gasteiger charge is 2.53. The predicted molar refractivity (Wildman–Crippen MR) is 107 cm³/mol. The van der Waals surface area contributed by atoms with Gasteiger partial charge in [-0.2, -0.15) is 13.2 Å². The van der Waals surface area contributed by atoms with E-state index in [-0.39, 0.29) is 5.70 Å². The Labute approximate surface area is 190 Å². The maximum Gasteiger partial charge on any atom is 0.430 e. The van der Waals surface area contributed by atoms with Gasteiger partial charge in [-0.15, -0.1) is 11.8 Å². The third-order valence-electron chi connectivity index (χ3n) is 5.03. The van der Waals surface area contributed by atoms with Gasteiger partial charge in [-0.3, -0.25) is 19.3 Å². The average molecular weight is 496 g/mol. The van der Waals surface area contributed by atoms with Crippen molar-refractivity contribution in [2.75, 3.05) is 26.4 Å². The molecule has 184 valence electrons. The number of aliphatic carboxylic acids is 2. The molecular formula is C18H23F3N4O7S. The zero-order valence-corrected chi connectivity index (χ0v) is 18.6. The summed E-state index contributed by atoms with van der Waals surface area (Å²) in [5.41, 5.74) is 5.80. The Morgan fingerprint density at radius 3 is 2.36 bits per heavy atom. The van der Waals surface area contributed by atoms with Gasteiger partial charge in [-0.05, 0) is 18.6 Å². The van der Waals surface area contributed by atoms with Gasteiger partial charge in [0.1, 0.15) is 23.1 Å². The van der Waals surface area contributed by atoms with Gasteiger partial charge in [0, 0.05) is 5.75 Å². The quantitative estimate of drug-likeness (QED) is 0.200. The molecule has 0 aromatic rings. The molecule has 2 aliphatic rings. The maximum atomic E-state index is 12.2. The zero-order valence-electron chi connectivity index (χ0n) is 17.8. The second-order valence-electron chi connectivity index (χ2n) is 7.58. The van der Waals surface area contributed by atoms with Gasteiger partial charge in [-0.1, -0.05) is 6.08 Å². The summed E-state index contributed by atoms with van der Waals surface area (Å²) in [4.78, 5) is 55.8. The van der Waals surface area contributed by atoms with Gasteiger partial charge >= 0.3 is 12.1 Å². The zero-order chi connectivity index (χ0) is 25.7. The van der Waals surface area contributed by atoms with Crippen molar-refractivity contribution >= 4 is 41.9 Å². The van der Waals surface area contributed by atoms with E-state index >= 15 is 0 Å². The number of amides is 3. The van der Waals surface area contributed by atoms with Gasteiger partial charge in [0.15, 0.2) is 6.04 Å². The van der Waals surface area contributed by atoms with Crippen molar-refractivity contribution in [2.24, 2.45) is 5.73 Å². The van der Waals surface area contributed by atoms with E-state index in [1.165, 1.54) is 16.7 Å². The smallest absolute Gasteiger partial charge is 0.430 e. The molecule has 33 heavy (non-hydrogen) atoms. The Kier molecular flexibility index (Phi) is 9.07. The van der Waals surface area contributed by atoms with E-state index < -0.39 is 47.4 Å². The topological polar surface area (TPSA) is 170 Å². The number of carboxylic acid groups (broad SMARTS) is 2. The highest BCUT2D eigenvalue weighted by atomic mass is 32.2. The summed E-state index contributed by atoms with van der Waals surface area (Å²) in [7, 11) is 3.71. The minimum Gasteiger partial charge on any atom is -0.542 e. The highest BCUT2D eigenvalue weighted by Crippen LogP contribution is 2.40. The number of allylic oxidation sites excluding steroid dienone is 1. The Morgan fingerprint density at radius 1 is 1.39 bits per heavy atom. The molecule has 4 N–H and O–H groups in total. The summed E-state index contributed by atoms with van der Waals surface area (Å²) >= 11 is 1.40. The van der Waals surface area contributed by atoms with Gasteiger partial charge in [0.25, 0.3) is 11.8 Å². The Morgan fingerprint density at radius 2 is 1.94 bits per heavy atom. The molecule has 2 aliphatic heterocycles. The lowest BCUT2D eigenvalue weighted by Gasteiger charge is -2.48. The van der Waals surface area contributed by atoms with Crippen molar-refractivity contribution in [3.8, 4) is 0 Å². The van der Waals surface area contributed by atoms with Crippen LogP contribution < -0.4 is 16.2 Å². The second-order valence-corrected chi connectivity index (χ2v) is 8.68. The molecule has 0 saturated carbocycles. The first-order chi connectivity index (χ1) is 15.1. The number of carbonyl (C=O) groups is 5. The van der Waals surface area contributed by atoms with Gasteiger partial charge in [-0.25, -0.2) is 4.79 Å². The molecule has 0 aromatic carbocycles. The van der Waals surface area contributed by atoms with Crippen molar-refractivity contribution in [1.82, 2.24) is 10.2 Å². The summed E-state index contributed by atoms with van der Waals surface area (Å²) in [6.07, 6.45) is -1.29. The molecule has 2 heterocycles. The van der Waals surface area contributed by atoms with Crippen LogP contribution in [0.3, 0.4) is 0 Å². The van der Waals surface area contributed by atoms with E-state index in [9.17, 15) is 37.5 Å². The molecule has 15 heteroatoms. The minimum atomic E-state index is -5.19. The molecule has 1 saturated heterocycles. The maximum absolute atomic E-state index is 12.2. The number of nitrogens with zero attached hydrogens (tertiary/aromatic N) is 2. The van der Waals surface area contributed by atoms with Crippen molar-refractivity contribution in [3.05, 3.63) is 23.4 Å². The van der Waals surface area contributed by atoms with Crippen molar-refractivity contribution < 1.29 is 51.8 Å². The van der Waals surface area contributed by atoms with E-state index in [1.54, 1.807) is 19.1 Å². The van der Waals surface area contributed by atoms with Gasteiger partial charge < -0.3 is 30.5 Å². The van der Waals surface area contributed by atoms with Crippen molar-refractivity contribution in [1.29, 1.82) is 0 Å². The van der Waals surface area contributed by atoms with Crippen LogP contribution in [0.2, 0.25) is 0 Å². The number of likely N-dealkylation sites (N-methyl/N-ethyl adjacent to an activating group) is 1. The molecule has 0 radical (unpaired) electrons. The number of nitrogens with two attached hydrogens (primary N) is 1. The van der Waals surface area contributed by atoms with Crippen LogP contribution in [-0.2, 0) is 24.0 Å². The number of quaternary nitrogens is 1. The number of fused-ring (bicyclic) bond motifs is 1. The molecule has 0 aliphatic carbocycles. The molecule has 1 fully saturated rings. The predicted octanol–water partition coefficient (Wildman–Crippen LogP) is -1.84. The highest BCUT2D eigenvalue weighted by molar-refractivity contribution is 8.00. The number of alkyl halides is 3. The van der Waals surface area contributed by atoms with Gasteiger partial charge in [0.05, 0.1) is 20.6 Å². The minimum absolute atomic E-state index is 0.0628. The fourth-order valence-electron chi connectivity index (χ4n) is 2.83. The SMILES string of the molecule is C[C@H](C(N)=O)[N+](C)(C)C/C=C/C1=C(C(=O)O)N2C(=O)[C@@H](NC=O)[C@@H]2SC1.O=C([O-])C(F)(F)F. The second kappa shape index (κ2) is 10.7. The fraction of sp³-hybridized carbons (Fsp3) is 0.500. The van der Waals surface area contributed by atoms with Crippen molar-refractivity contribution in [3.63, 3.8) is 0 Å². The molecule has 0 spiro atoms. The van der Waals surface area contributed by atoms with Crippen LogP contribution in [0.4, 0.5) is 13.2 Å². The number of primary amides is 1. The Bertz CT molecular complexity index is 889. The number of hydrogen-bond acceptors (Lipinski definition) is 7. The molecule has 3 amide bonds. The summed E-state index contributed by atoms with van der Waals surface area (Å²) in [6.45, 7) is 2.20. The summed E-state index contributed by atoms with van der Waals surface area (Å²) < 4.78 is 31.9. The average Bonchev–Trinajstić information content (AvgIpc) is 2.70. The van der Waals surface area contributed by atoms with Crippen LogP contribution in [0.1, 0.15) is 6.92 Å². The monoisotopic (exact) mass is 496 g/mol. The number of hydrogen-bond donors (Lipinski definition) is 3. The Hall–Kier alpha value is -3.07. The van der Waals surface area contributed by atoms with Crippen LogP contribution in [0, 0.1) is 0 Å². The number of halogens is 3. The first-order valence-corrected chi connectivity index (χ1v) is 10.3. The Balaban J connectivity index is 0.000000675. The van der Waals surface area contributed by atoms with Crippen LogP contribution in [0.25, 0.3) is 0 Å². The molecule has 0 aromatic heterocycles. The van der Waals surface area contributed by atoms with Crippen LogP contribution in [0.5, 0.6) is 0 Å². The molecular weight excluding hydrogens is 473 g/mol. The standard InChI is InChI=1S/C16H22N4O5S.C2HF3O2/c1-9(13(17)22)20(2,3)6-4-5-10-7-26-15-11(18-8-21)14(23)19(15)12(10)16(24)25;3-2(4,5)1(6)7/h4-5,8-9,11,15H,6-7H2,1-3H3,(H3-,17,18,21,22,24,25);(H,6,7)/b5-4+;/t9-,11-,15+;/m1./s1. The van der Waals surface area contributed by atoms with Crippen LogP contribution >= 0.6 is 11.8 Å². The first kappa shape index (κ1) is 28.0. The van der Waals surface area contributed by atoms with Crippen LogP contribution in [0.15, 0.2) is 23.4 Å². The lowest BCUT2D eigenvalue weighted by molar-refractivity contribution is -0.898. The first-order valence-electron chi connectivity index (χ1n) is 9.23. The van der Waals surface area contributed by atoms with Crippen molar-refractivity contribution in [2.45, 2.75) is 30.6 Å². The number of nitrogens with one attached hydrogen (secondary N) is 1. The number of carbonyl (C=O) groups excluding carboxylic acids is 4. The van der Waals surface area contributed by atoms with Gasteiger partial charge in [0.2, 0.25) is 6.41 Å². The van der Waals surface area contributed by atoms with E-state index in [2.05, 4.69) is 5.32 Å². The normalized spacial score (nSPS) is 21.4. The fourth-order valence-corrected chi connectivity index (χ4v) is 4.16. The largest absolute Gasteiger partial charge is 0.542 e. The summed E-state index contributed by atoms with van der Waals surface area (Å²) in [5.74, 6) is -4.64.